The smallest absolute Gasteiger partial charge is 0.258 e. The summed E-state index contributed by atoms with van der Waals surface area (Å²) in [5.74, 6) is -0.383. The normalized spacial score (nSPS) is 15.3. The summed E-state index contributed by atoms with van der Waals surface area (Å²) in [4.78, 5) is 44.8. The number of hydrogen-bond donors (Lipinski definition) is 2. The zero-order valence-corrected chi connectivity index (χ0v) is 16.0. The molecule has 0 saturated heterocycles. The second kappa shape index (κ2) is 7.40. The Morgan fingerprint density at radius 1 is 1.29 bits per heavy atom. The minimum atomic E-state index is -0.370. The fourth-order valence-corrected chi connectivity index (χ4v) is 4.06. The lowest BCUT2D eigenvalue weighted by molar-refractivity contribution is -0.118. The van der Waals surface area contributed by atoms with E-state index in [2.05, 4.69) is 15.3 Å². The van der Waals surface area contributed by atoms with E-state index in [4.69, 9.17) is 0 Å². The highest BCUT2D eigenvalue weighted by Crippen LogP contribution is 2.32. The first-order valence-corrected chi connectivity index (χ1v) is 9.73. The molecule has 142 valence electrons. The van der Waals surface area contributed by atoms with Crippen LogP contribution in [0.5, 0.6) is 0 Å². The van der Waals surface area contributed by atoms with Crippen molar-refractivity contribution in [2.75, 3.05) is 10.2 Å². The van der Waals surface area contributed by atoms with Gasteiger partial charge in [0, 0.05) is 29.4 Å². The van der Waals surface area contributed by atoms with Crippen molar-refractivity contribution in [3.63, 3.8) is 0 Å². The van der Waals surface area contributed by atoms with Crippen LogP contribution in [0.1, 0.15) is 28.5 Å². The van der Waals surface area contributed by atoms with Gasteiger partial charge in [-0.2, -0.15) is 0 Å². The highest BCUT2D eigenvalue weighted by molar-refractivity contribution is 7.14. The van der Waals surface area contributed by atoms with Gasteiger partial charge >= 0.3 is 0 Å². The topological polar surface area (TPSA) is 95.2 Å². The monoisotopic (exact) mass is 394 g/mol. The molecular weight excluding hydrogens is 376 g/mol. The van der Waals surface area contributed by atoms with Crippen LogP contribution in [0, 0.1) is 0 Å². The van der Waals surface area contributed by atoms with Crippen LogP contribution in [-0.2, 0) is 17.6 Å². The molecule has 1 aliphatic heterocycles. The first-order chi connectivity index (χ1) is 13.5. The first kappa shape index (κ1) is 18.1. The zero-order valence-electron chi connectivity index (χ0n) is 15.1. The second-order valence-corrected chi connectivity index (χ2v) is 7.52. The van der Waals surface area contributed by atoms with Crippen molar-refractivity contribution in [1.82, 2.24) is 9.97 Å². The van der Waals surface area contributed by atoms with E-state index in [9.17, 15) is 14.4 Å². The number of anilines is 2. The fourth-order valence-electron chi connectivity index (χ4n) is 3.35. The van der Waals surface area contributed by atoms with E-state index in [1.165, 1.54) is 35.2 Å². The molecule has 1 atom stereocenters. The van der Waals surface area contributed by atoms with Crippen molar-refractivity contribution in [2.24, 2.45) is 0 Å². The molecule has 0 radical (unpaired) electrons. The fraction of sp³-hybridized carbons (Fsp3) is 0.200. The minimum Gasteiger partial charge on any atom is -0.328 e. The third-order valence-corrected chi connectivity index (χ3v) is 5.43. The Balaban J connectivity index is 1.43. The van der Waals surface area contributed by atoms with Crippen molar-refractivity contribution in [1.29, 1.82) is 0 Å². The van der Waals surface area contributed by atoms with Crippen molar-refractivity contribution in [3.8, 4) is 0 Å². The lowest BCUT2D eigenvalue weighted by Crippen LogP contribution is -2.36. The molecule has 4 rings (SSSR count). The Morgan fingerprint density at radius 2 is 2.11 bits per heavy atom. The maximum absolute atomic E-state index is 12.8. The Labute approximate surface area is 165 Å². The number of carbonyl (C=O) groups is 2. The molecule has 0 unspecified atom stereocenters. The molecule has 0 spiro atoms. The van der Waals surface area contributed by atoms with Crippen LogP contribution in [0.4, 0.5) is 10.8 Å². The van der Waals surface area contributed by atoms with Gasteiger partial charge in [-0.1, -0.05) is 18.2 Å². The molecule has 7 nitrogen and oxygen atoms in total. The molecule has 28 heavy (non-hydrogen) atoms. The molecule has 0 bridgehead atoms. The summed E-state index contributed by atoms with van der Waals surface area (Å²) in [6.45, 7) is 2.04. The number of rotatable bonds is 4. The van der Waals surface area contributed by atoms with E-state index in [0.717, 1.165) is 12.1 Å². The summed E-state index contributed by atoms with van der Waals surface area (Å²) in [5.41, 5.74) is 2.81. The highest BCUT2D eigenvalue weighted by atomic mass is 32.1. The second-order valence-electron chi connectivity index (χ2n) is 6.66. The van der Waals surface area contributed by atoms with Crippen LogP contribution in [0.25, 0.3) is 0 Å². The van der Waals surface area contributed by atoms with E-state index in [1.54, 1.807) is 5.38 Å². The van der Waals surface area contributed by atoms with E-state index in [-0.39, 0.29) is 29.8 Å². The Hall–Kier alpha value is -3.26. The van der Waals surface area contributed by atoms with Gasteiger partial charge in [0.05, 0.1) is 17.7 Å². The van der Waals surface area contributed by atoms with Gasteiger partial charge in [-0.15, -0.1) is 11.3 Å². The maximum Gasteiger partial charge on any atom is 0.258 e. The van der Waals surface area contributed by atoms with E-state index in [1.807, 2.05) is 36.1 Å². The Morgan fingerprint density at radius 3 is 2.89 bits per heavy atom. The van der Waals surface area contributed by atoms with Crippen molar-refractivity contribution < 1.29 is 9.59 Å². The predicted octanol–water partition coefficient (Wildman–Crippen LogP) is 2.60. The number of H-pyrrole nitrogens is 1. The molecular formula is C20H18N4O3S. The van der Waals surface area contributed by atoms with Crippen LogP contribution < -0.4 is 15.8 Å². The first-order valence-electron chi connectivity index (χ1n) is 8.86. The zero-order chi connectivity index (χ0) is 19.7. The summed E-state index contributed by atoms with van der Waals surface area (Å²) in [7, 11) is 0. The summed E-state index contributed by atoms with van der Waals surface area (Å²) in [6.07, 6.45) is 2.37. The van der Waals surface area contributed by atoms with Gasteiger partial charge in [-0.25, -0.2) is 4.98 Å². The van der Waals surface area contributed by atoms with Crippen LogP contribution in [0.3, 0.4) is 0 Å². The van der Waals surface area contributed by atoms with Gasteiger partial charge in [0.2, 0.25) is 11.5 Å². The van der Waals surface area contributed by atoms with Gasteiger partial charge in [0.25, 0.3) is 5.91 Å². The van der Waals surface area contributed by atoms with Crippen LogP contribution in [0.2, 0.25) is 0 Å². The minimum absolute atomic E-state index is 0.0127. The third kappa shape index (κ3) is 3.59. The number of benzene rings is 1. The molecule has 2 amide bonds. The Kier molecular flexibility index (Phi) is 4.79. The number of nitrogens with one attached hydrogen (secondary N) is 2. The number of carbonyl (C=O) groups excluding carboxylic acids is 2. The number of amides is 2. The van der Waals surface area contributed by atoms with Crippen molar-refractivity contribution in [2.45, 2.75) is 25.8 Å². The number of hydrogen-bond acceptors (Lipinski definition) is 5. The number of nitrogens with zero attached hydrogens (tertiary/aromatic N) is 2. The lowest BCUT2D eigenvalue weighted by atomic mass is 10.1. The average molecular weight is 394 g/mol. The lowest BCUT2D eigenvalue weighted by Gasteiger charge is -2.22. The molecule has 8 heteroatoms. The summed E-state index contributed by atoms with van der Waals surface area (Å²) < 4.78 is 0. The number of aromatic amines is 1. The Bertz CT molecular complexity index is 1080. The molecule has 0 fully saturated rings. The quantitative estimate of drug-likeness (QED) is 0.711. The summed E-state index contributed by atoms with van der Waals surface area (Å²) in [5, 5.41) is 4.87. The molecule has 1 aromatic carbocycles. The predicted molar refractivity (Wildman–Crippen MR) is 108 cm³/mol. The molecule has 2 N–H and O–H groups in total. The standard InChI is InChI=1S/C20H18N4O3S/c1-12-8-13-4-2-3-5-16(13)24(12)18(26)9-15-11-28-20(22-15)23-19(27)14-6-7-17(25)21-10-14/h2-7,10-12H,8-9H2,1H3,(H,21,25)(H,22,23,27)/t12-/m0/s1. The number of fused-ring (bicyclic) bond motifs is 1. The molecule has 0 aliphatic carbocycles. The highest BCUT2D eigenvalue weighted by Gasteiger charge is 2.30. The third-order valence-electron chi connectivity index (χ3n) is 4.63. The number of para-hydroxylation sites is 1. The van der Waals surface area contributed by atoms with Gasteiger partial charge in [0.15, 0.2) is 5.13 Å². The number of thiazole rings is 1. The SMILES string of the molecule is C[C@H]1Cc2ccccc2N1C(=O)Cc1csc(NC(=O)c2ccc(=O)[nH]c2)n1. The van der Waals surface area contributed by atoms with Crippen molar-refractivity contribution >= 4 is 34.0 Å². The number of pyridine rings is 1. The van der Waals surface area contributed by atoms with Gasteiger partial charge in [-0.3, -0.25) is 19.7 Å². The summed E-state index contributed by atoms with van der Waals surface area (Å²) >= 11 is 1.26. The van der Waals surface area contributed by atoms with Crippen LogP contribution in [0.15, 0.2) is 52.8 Å². The average Bonchev–Trinajstić information content (AvgIpc) is 3.24. The largest absolute Gasteiger partial charge is 0.328 e. The van der Waals surface area contributed by atoms with Crippen molar-refractivity contribution in [3.05, 3.63) is 75.1 Å². The molecule has 1 aliphatic rings. The van der Waals surface area contributed by atoms with Gasteiger partial charge < -0.3 is 9.88 Å². The van der Waals surface area contributed by atoms with Crippen LogP contribution in [-0.4, -0.2) is 27.8 Å². The molecule has 0 saturated carbocycles. The van der Waals surface area contributed by atoms with E-state index in [0.29, 0.717) is 16.4 Å². The number of aromatic nitrogens is 2. The van der Waals surface area contributed by atoms with Gasteiger partial charge in [-0.05, 0) is 31.0 Å². The van der Waals surface area contributed by atoms with E-state index >= 15 is 0 Å². The molecule has 3 aromatic rings. The molecule has 3 heterocycles. The maximum atomic E-state index is 12.8. The van der Waals surface area contributed by atoms with Crippen LogP contribution >= 0.6 is 11.3 Å². The van der Waals surface area contributed by atoms with Gasteiger partial charge in [0.1, 0.15) is 0 Å². The molecule has 2 aromatic heterocycles. The van der Waals surface area contributed by atoms with E-state index < -0.39 is 0 Å². The summed E-state index contributed by atoms with van der Waals surface area (Å²) in [6, 6.07) is 10.8.